The van der Waals surface area contributed by atoms with Gasteiger partial charge in [0.25, 0.3) is 0 Å². The minimum atomic E-state index is -2.13. The van der Waals surface area contributed by atoms with E-state index in [2.05, 4.69) is 15.9 Å². The number of rotatable bonds is 1. The molecule has 2 nitrogen and oxygen atoms in total. The molecule has 1 unspecified atom stereocenters. The molecule has 0 bridgehead atoms. The fourth-order valence-electron chi connectivity index (χ4n) is 0.768. The predicted molar refractivity (Wildman–Crippen MR) is 46.1 cm³/mol. The molecule has 0 aliphatic heterocycles. The van der Waals surface area contributed by atoms with E-state index in [-0.39, 0.29) is 29.6 Å². The molecule has 0 heterocycles. The molecule has 1 rings (SSSR count). The first kappa shape index (κ1) is 12.8. The molecule has 0 aliphatic rings. The Hall–Kier alpha value is 0.810. The molecule has 0 fully saturated rings. The molecular weight excluding hydrogens is 251 g/mol. The summed E-state index contributed by atoms with van der Waals surface area (Å²) >= 11 is 1.11. The zero-order chi connectivity index (χ0) is 8.43. The van der Waals surface area contributed by atoms with Crippen LogP contribution >= 0.6 is 15.9 Å². The molecule has 60 valence electrons. The topological polar surface area (TPSA) is 40.1 Å². The van der Waals surface area contributed by atoms with Crippen molar-refractivity contribution >= 4 is 27.0 Å². The molecule has 0 N–H and O–H groups in total. The summed E-state index contributed by atoms with van der Waals surface area (Å²) in [6.45, 7) is 1.76. The van der Waals surface area contributed by atoms with Crippen molar-refractivity contribution in [2.45, 2.75) is 11.8 Å². The molecule has 0 aromatic heterocycles. The van der Waals surface area contributed by atoms with E-state index in [0.29, 0.717) is 4.90 Å². The van der Waals surface area contributed by atoms with E-state index in [0.717, 1.165) is 10.0 Å². The van der Waals surface area contributed by atoms with Crippen molar-refractivity contribution in [3.63, 3.8) is 0 Å². The molecule has 0 amide bonds. The first-order valence-electron chi connectivity index (χ1n) is 2.97. The largest absolute Gasteiger partial charge is 1.00 e. The average Bonchev–Trinajstić information content (AvgIpc) is 1.94. The van der Waals surface area contributed by atoms with Crippen molar-refractivity contribution in [2.75, 3.05) is 0 Å². The van der Waals surface area contributed by atoms with Gasteiger partial charge in [-0.1, -0.05) is 22.0 Å². The zero-order valence-electron chi connectivity index (χ0n) is 6.83. The van der Waals surface area contributed by atoms with Gasteiger partial charge in [0.1, 0.15) is 0 Å². The van der Waals surface area contributed by atoms with Crippen LogP contribution < -0.4 is 29.6 Å². The Labute approximate surface area is 104 Å². The van der Waals surface area contributed by atoms with Gasteiger partial charge in [0, 0.05) is 9.37 Å². The van der Waals surface area contributed by atoms with Crippen molar-refractivity contribution in [1.29, 1.82) is 0 Å². The second-order valence-electron chi connectivity index (χ2n) is 2.10. The Bertz CT molecular complexity index is 303. The van der Waals surface area contributed by atoms with Gasteiger partial charge < -0.3 is 4.55 Å². The van der Waals surface area contributed by atoms with E-state index in [9.17, 15) is 8.76 Å². The predicted octanol–water partition coefficient (Wildman–Crippen LogP) is -1.00. The molecule has 0 aliphatic carbocycles. The van der Waals surface area contributed by atoms with Gasteiger partial charge in [0.15, 0.2) is 0 Å². The van der Waals surface area contributed by atoms with Gasteiger partial charge >= 0.3 is 29.6 Å². The molecule has 0 radical (unpaired) electrons. The summed E-state index contributed by atoms with van der Waals surface area (Å²) < 4.78 is 21.9. The summed E-state index contributed by atoms with van der Waals surface area (Å²) in [5, 5.41) is 0. The van der Waals surface area contributed by atoms with E-state index < -0.39 is 11.1 Å². The van der Waals surface area contributed by atoms with Crippen LogP contribution in [0, 0.1) is 6.92 Å². The molecule has 1 aromatic rings. The Kier molecular flexibility index (Phi) is 5.89. The molecule has 1 atom stereocenters. The first-order valence-corrected chi connectivity index (χ1v) is 4.84. The summed E-state index contributed by atoms with van der Waals surface area (Å²) in [6, 6.07) is 5.08. The third kappa shape index (κ3) is 2.94. The monoisotopic (exact) mass is 256 g/mol. The summed E-state index contributed by atoms with van der Waals surface area (Å²) in [4.78, 5) is 0.347. The maximum Gasteiger partial charge on any atom is 1.00 e. The first-order chi connectivity index (χ1) is 5.13. The number of hydrogen-bond donors (Lipinski definition) is 0. The van der Waals surface area contributed by atoms with Gasteiger partial charge in [0.2, 0.25) is 0 Å². The maximum atomic E-state index is 10.6. The standard InChI is InChI=1S/C7H7BrO2S.Na/c1-5-6(8)3-2-4-7(5)11(9)10;/h2-4H,1H3,(H,9,10);/q;+1/p-1. The maximum absolute atomic E-state index is 10.6. The van der Waals surface area contributed by atoms with Gasteiger partial charge in [-0.05, 0) is 35.7 Å². The average molecular weight is 257 g/mol. The van der Waals surface area contributed by atoms with Crippen molar-refractivity contribution in [3.05, 3.63) is 28.2 Å². The third-order valence-corrected chi connectivity index (χ3v) is 3.06. The van der Waals surface area contributed by atoms with Crippen molar-refractivity contribution in [1.82, 2.24) is 0 Å². The molecule has 5 heteroatoms. The van der Waals surface area contributed by atoms with E-state index in [1.807, 2.05) is 6.07 Å². The van der Waals surface area contributed by atoms with Crippen LogP contribution in [-0.4, -0.2) is 8.76 Å². The van der Waals surface area contributed by atoms with Gasteiger partial charge in [-0.15, -0.1) is 0 Å². The minimum Gasteiger partial charge on any atom is -0.768 e. The minimum absolute atomic E-state index is 0. The van der Waals surface area contributed by atoms with Crippen LogP contribution in [0.1, 0.15) is 5.56 Å². The molecular formula is C7H6BrNaO2S. The van der Waals surface area contributed by atoms with Crippen molar-refractivity contribution in [3.8, 4) is 0 Å². The van der Waals surface area contributed by atoms with Crippen LogP contribution in [0.4, 0.5) is 0 Å². The summed E-state index contributed by atoms with van der Waals surface area (Å²) in [5.74, 6) is 0. The van der Waals surface area contributed by atoms with Crippen LogP contribution in [0.5, 0.6) is 0 Å². The Morgan fingerprint density at radius 1 is 1.50 bits per heavy atom. The van der Waals surface area contributed by atoms with Crippen LogP contribution in [0.25, 0.3) is 0 Å². The second kappa shape index (κ2) is 5.52. The Balaban J connectivity index is 0.00000121. The van der Waals surface area contributed by atoms with Gasteiger partial charge in [-0.2, -0.15) is 0 Å². The smallest absolute Gasteiger partial charge is 0.768 e. The van der Waals surface area contributed by atoms with E-state index >= 15 is 0 Å². The fraction of sp³-hybridized carbons (Fsp3) is 0.143. The molecule has 0 saturated carbocycles. The zero-order valence-corrected chi connectivity index (χ0v) is 11.2. The Morgan fingerprint density at radius 2 is 2.08 bits per heavy atom. The van der Waals surface area contributed by atoms with Gasteiger partial charge in [-0.3, -0.25) is 4.21 Å². The van der Waals surface area contributed by atoms with Crippen LogP contribution in [0.3, 0.4) is 0 Å². The summed E-state index contributed by atoms with van der Waals surface area (Å²) in [6.07, 6.45) is 0. The van der Waals surface area contributed by atoms with E-state index in [4.69, 9.17) is 0 Å². The molecule has 0 saturated heterocycles. The summed E-state index contributed by atoms with van der Waals surface area (Å²) in [5.41, 5.74) is 0.751. The normalized spacial score (nSPS) is 11.9. The van der Waals surface area contributed by atoms with Crippen molar-refractivity contribution < 1.29 is 38.3 Å². The third-order valence-electron chi connectivity index (χ3n) is 1.40. The quantitative estimate of drug-likeness (QED) is 0.478. The number of halogens is 1. The van der Waals surface area contributed by atoms with Gasteiger partial charge in [0.05, 0.1) is 0 Å². The Morgan fingerprint density at radius 3 is 2.50 bits per heavy atom. The number of benzene rings is 1. The number of hydrogen-bond acceptors (Lipinski definition) is 2. The molecule has 1 aromatic carbocycles. The van der Waals surface area contributed by atoms with Crippen LogP contribution in [-0.2, 0) is 11.1 Å². The fourth-order valence-corrected chi connectivity index (χ4v) is 1.82. The van der Waals surface area contributed by atoms with Gasteiger partial charge in [-0.25, -0.2) is 0 Å². The van der Waals surface area contributed by atoms with E-state index in [1.165, 1.54) is 0 Å². The second-order valence-corrected chi connectivity index (χ2v) is 3.86. The molecule has 12 heavy (non-hydrogen) atoms. The SMILES string of the molecule is Cc1c(Br)cccc1S(=O)[O-].[Na+]. The molecule has 0 spiro atoms. The van der Waals surface area contributed by atoms with Crippen LogP contribution in [0.15, 0.2) is 27.6 Å². The summed E-state index contributed by atoms with van der Waals surface area (Å²) in [7, 11) is 0. The van der Waals surface area contributed by atoms with Crippen LogP contribution in [0.2, 0.25) is 0 Å². The van der Waals surface area contributed by atoms with E-state index in [1.54, 1.807) is 19.1 Å². The van der Waals surface area contributed by atoms with Crippen molar-refractivity contribution in [2.24, 2.45) is 0 Å².